The van der Waals surface area contributed by atoms with Crippen LogP contribution < -0.4 is 4.74 Å². The first-order valence-corrected chi connectivity index (χ1v) is 14.8. The topological polar surface area (TPSA) is 49.8 Å². The number of aryl methyl sites for hydroxylation is 1. The van der Waals surface area contributed by atoms with Crippen LogP contribution in [0.25, 0.3) is 0 Å². The van der Waals surface area contributed by atoms with Gasteiger partial charge in [-0.25, -0.2) is 0 Å². The summed E-state index contributed by atoms with van der Waals surface area (Å²) in [6, 6.07) is 6.91. The lowest BCUT2D eigenvalue weighted by Crippen LogP contribution is -2.58. The molecule has 4 aliphatic rings. The third kappa shape index (κ3) is 5.07. The number of carboxylic acids is 1. The van der Waals surface area contributed by atoms with Gasteiger partial charge < -0.3 is 9.84 Å². The zero-order chi connectivity index (χ0) is 30.2. The molecule has 2 aromatic rings. The first-order chi connectivity index (χ1) is 19.7. The molecule has 2 aliphatic carbocycles. The highest BCUT2D eigenvalue weighted by Gasteiger charge is 2.57. The van der Waals surface area contributed by atoms with Crippen LogP contribution in [0.3, 0.4) is 0 Å². The van der Waals surface area contributed by atoms with Gasteiger partial charge in [0.15, 0.2) is 0 Å². The number of rotatable bonds is 6. The summed E-state index contributed by atoms with van der Waals surface area (Å²) in [7, 11) is 0. The Morgan fingerprint density at radius 3 is 2.19 bits per heavy atom. The molecule has 6 rings (SSSR count). The summed E-state index contributed by atoms with van der Waals surface area (Å²) in [5, 5.41) is 9.72. The van der Waals surface area contributed by atoms with Gasteiger partial charge in [-0.3, -0.25) is 9.69 Å². The van der Waals surface area contributed by atoms with Crippen LogP contribution >= 0.6 is 0 Å². The number of alkyl halides is 6. The fraction of sp³-hybridized carbons (Fsp3) is 0.594. The number of carboxylic acid groups (broad SMARTS) is 1. The lowest BCUT2D eigenvalue weighted by atomic mass is 9.73. The van der Waals surface area contributed by atoms with E-state index in [4.69, 9.17) is 4.74 Å². The number of hydrogen-bond donors (Lipinski definition) is 1. The van der Waals surface area contributed by atoms with Gasteiger partial charge in [-0.05, 0) is 98.2 Å². The molecular formula is C32H35F6NO3. The zero-order valence-corrected chi connectivity index (χ0v) is 23.6. The maximum Gasteiger partial charge on any atom is 0.416 e. The molecule has 2 saturated carbocycles. The predicted molar refractivity (Wildman–Crippen MR) is 143 cm³/mol. The van der Waals surface area contributed by atoms with E-state index in [9.17, 15) is 36.2 Å². The molecule has 2 bridgehead atoms. The fourth-order valence-corrected chi connectivity index (χ4v) is 8.03. The minimum Gasteiger partial charge on any atom is -0.486 e. The maximum atomic E-state index is 13.9. The maximum absolute atomic E-state index is 13.9. The molecule has 10 heteroatoms. The molecule has 4 nitrogen and oxygen atoms in total. The summed E-state index contributed by atoms with van der Waals surface area (Å²) in [4.78, 5) is 13.7. The Labute approximate surface area is 241 Å². The lowest BCUT2D eigenvalue weighted by Gasteiger charge is -2.51. The van der Waals surface area contributed by atoms with Gasteiger partial charge in [0.05, 0.1) is 17.0 Å². The van der Waals surface area contributed by atoms with Crippen LogP contribution in [0.4, 0.5) is 26.3 Å². The summed E-state index contributed by atoms with van der Waals surface area (Å²) in [6.45, 7) is 4.17. The van der Waals surface area contributed by atoms with E-state index in [1.807, 2.05) is 23.1 Å². The number of likely N-dealkylation sites (tertiary alicyclic amines) is 1. The number of ether oxygens (including phenoxy) is 1. The van der Waals surface area contributed by atoms with Gasteiger partial charge in [0, 0.05) is 31.0 Å². The van der Waals surface area contributed by atoms with Crippen molar-refractivity contribution in [3.8, 4) is 5.75 Å². The summed E-state index contributed by atoms with van der Waals surface area (Å²) >= 11 is 0. The Kier molecular flexibility index (Phi) is 7.10. The molecule has 1 spiro atoms. The number of halogens is 6. The second kappa shape index (κ2) is 10.2. The highest BCUT2D eigenvalue weighted by atomic mass is 19.4. The number of piperidine rings is 1. The van der Waals surface area contributed by atoms with Crippen molar-refractivity contribution in [1.29, 1.82) is 0 Å². The van der Waals surface area contributed by atoms with Crippen LogP contribution in [0.2, 0.25) is 0 Å². The number of hydrogen-bond acceptors (Lipinski definition) is 3. The number of nitrogens with zero attached hydrogens (tertiary/aromatic N) is 1. The Morgan fingerprint density at radius 2 is 1.62 bits per heavy atom. The molecule has 2 aromatic carbocycles. The first-order valence-electron chi connectivity index (χ1n) is 14.8. The molecule has 3 fully saturated rings. The minimum absolute atomic E-state index is 0.0211. The molecule has 0 radical (unpaired) electrons. The van der Waals surface area contributed by atoms with Crippen LogP contribution in [0, 0.1) is 23.7 Å². The van der Waals surface area contributed by atoms with Gasteiger partial charge >= 0.3 is 18.3 Å². The highest BCUT2D eigenvalue weighted by molar-refractivity contribution is 5.71. The molecular weight excluding hydrogens is 560 g/mol. The van der Waals surface area contributed by atoms with E-state index in [0.717, 1.165) is 55.4 Å². The Hall–Kier alpha value is -2.75. The molecule has 228 valence electrons. The van der Waals surface area contributed by atoms with Gasteiger partial charge in [-0.2, -0.15) is 26.3 Å². The molecule has 1 N–H and O–H groups in total. The van der Waals surface area contributed by atoms with Crippen molar-refractivity contribution in [1.82, 2.24) is 4.90 Å². The molecule has 1 saturated heterocycles. The van der Waals surface area contributed by atoms with Gasteiger partial charge in [0.2, 0.25) is 0 Å². The van der Waals surface area contributed by atoms with Crippen molar-refractivity contribution in [3.63, 3.8) is 0 Å². The second-order valence-corrected chi connectivity index (χ2v) is 12.8. The fourth-order valence-electron chi connectivity index (χ4n) is 8.03. The van der Waals surface area contributed by atoms with E-state index in [2.05, 4.69) is 0 Å². The van der Waals surface area contributed by atoms with Crippen LogP contribution in [0.5, 0.6) is 5.75 Å². The van der Waals surface area contributed by atoms with E-state index in [0.29, 0.717) is 37.2 Å². The molecule has 42 heavy (non-hydrogen) atoms. The van der Waals surface area contributed by atoms with Crippen molar-refractivity contribution >= 4 is 5.97 Å². The van der Waals surface area contributed by atoms with E-state index in [-0.39, 0.29) is 23.3 Å². The average Bonchev–Trinajstić information content (AvgIpc) is 3.74. The van der Waals surface area contributed by atoms with Crippen molar-refractivity contribution in [2.45, 2.75) is 82.3 Å². The number of benzene rings is 2. The largest absolute Gasteiger partial charge is 0.486 e. The molecule has 2 heterocycles. The summed E-state index contributed by atoms with van der Waals surface area (Å²) < 4.78 is 88.9. The number of aliphatic carboxylic acids is 1. The summed E-state index contributed by atoms with van der Waals surface area (Å²) in [6.07, 6.45) is -4.29. The smallest absolute Gasteiger partial charge is 0.416 e. The number of fused-ring (bicyclic) bond motifs is 1. The van der Waals surface area contributed by atoms with Crippen molar-refractivity contribution in [3.05, 3.63) is 64.2 Å². The highest BCUT2D eigenvalue weighted by Crippen LogP contribution is 2.55. The number of carbonyl (C=O) groups is 1. The summed E-state index contributed by atoms with van der Waals surface area (Å²) in [5.74, 6) is -0.297. The monoisotopic (exact) mass is 595 g/mol. The average molecular weight is 596 g/mol. The predicted octanol–water partition coefficient (Wildman–Crippen LogP) is 8.11. The van der Waals surface area contributed by atoms with Crippen molar-refractivity contribution in [2.75, 3.05) is 13.1 Å². The van der Waals surface area contributed by atoms with Gasteiger partial charge in [-0.15, -0.1) is 0 Å². The Morgan fingerprint density at radius 1 is 0.952 bits per heavy atom. The minimum atomic E-state index is -4.77. The molecule has 1 unspecified atom stereocenters. The SMILES string of the molecule is C[C@H](C(=O)O)C(c1ccc2c(c1)OC1(CC2)[C@@H]2CC[C@@H]1CN([C@@H](C)c1cc(C(F)(F)F)ccc1C(F)(F)F)C2)C1CC1. The lowest BCUT2D eigenvalue weighted by molar-refractivity contribution is -0.142. The van der Waals surface area contributed by atoms with Gasteiger partial charge in [-0.1, -0.05) is 19.1 Å². The molecule has 0 aromatic heterocycles. The third-order valence-corrected chi connectivity index (χ3v) is 10.5. The van der Waals surface area contributed by atoms with Crippen LogP contribution in [0.1, 0.15) is 85.7 Å². The zero-order valence-electron chi connectivity index (χ0n) is 23.6. The quantitative estimate of drug-likeness (QED) is 0.343. The van der Waals surface area contributed by atoms with Crippen molar-refractivity contribution < 1.29 is 41.0 Å². The molecule has 0 amide bonds. The van der Waals surface area contributed by atoms with Crippen LogP contribution in [-0.2, 0) is 23.6 Å². The van der Waals surface area contributed by atoms with Crippen molar-refractivity contribution in [2.24, 2.45) is 23.7 Å². The first kappa shape index (κ1) is 29.3. The van der Waals surface area contributed by atoms with E-state index >= 15 is 0 Å². The van der Waals surface area contributed by atoms with Crippen LogP contribution in [0.15, 0.2) is 36.4 Å². The Balaban J connectivity index is 1.26. The standard InChI is InChI=1S/C32H35F6NO3/c1-17(29(40)41)28(20-4-5-20)21-6-3-19-11-12-30(42-27(19)13-21)23-7-8-24(30)16-39(15-23)18(2)25-14-22(31(33,34)35)9-10-26(25)32(36,37)38/h3,6,9-10,13-14,17-18,20,23-24,28H,4-5,7-8,11-12,15-16H2,1-2H3,(H,40,41)/t17-,18-,23+,24+,28?/m0/s1. The van der Waals surface area contributed by atoms with E-state index < -0.39 is 47.0 Å². The van der Waals surface area contributed by atoms with E-state index in [1.54, 1.807) is 13.8 Å². The molecule has 5 atom stereocenters. The van der Waals surface area contributed by atoms with Gasteiger partial charge in [0.1, 0.15) is 11.4 Å². The van der Waals surface area contributed by atoms with Gasteiger partial charge in [0.25, 0.3) is 0 Å². The third-order valence-electron chi connectivity index (χ3n) is 10.5. The van der Waals surface area contributed by atoms with E-state index in [1.165, 1.54) is 0 Å². The Bertz CT molecular complexity index is 1350. The molecule has 2 aliphatic heterocycles. The van der Waals surface area contributed by atoms with Crippen LogP contribution in [-0.4, -0.2) is 34.7 Å². The normalized spacial score (nSPS) is 28.2. The summed E-state index contributed by atoms with van der Waals surface area (Å²) in [5.41, 5.74) is -0.936. The second-order valence-electron chi connectivity index (χ2n) is 12.8.